The van der Waals surface area contributed by atoms with Gasteiger partial charge in [0.1, 0.15) is 54.4 Å². The number of carbonyl (C=O) groups excluding carboxylic acids is 1. The molecule has 2 aliphatic carbocycles. The molecule has 0 aromatic rings. The zero-order valence-electron chi connectivity index (χ0n) is 26.1. The topological polar surface area (TPSA) is 229 Å². The van der Waals surface area contributed by atoms with E-state index < -0.39 is 98.0 Å². The van der Waals surface area contributed by atoms with Crippen LogP contribution in [0.3, 0.4) is 0 Å². The minimum absolute atomic E-state index is 0.236. The molecule has 256 valence electrons. The summed E-state index contributed by atoms with van der Waals surface area (Å²) >= 11 is 0. The van der Waals surface area contributed by atoms with Gasteiger partial charge in [0.2, 0.25) is 0 Å². The first kappa shape index (κ1) is 35.6. The molecule has 0 aromatic heterocycles. The first-order valence-electron chi connectivity index (χ1n) is 15.6. The normalized spacial score (nSPS) is 45.1. The largest absolute Gasteiger partial charge is 0.444 e. The molecule has 0 aromatic carbocycles. The summed E-state index contributed by atoms with van der Waals surface area (Å²) in [6.45, 7) is 8.99. The number of aliphatic hydroxyl groups is 7. The van der Waals surface area contributed by atoms with E-state index in [4.69, 9.17) is 23.7 Å². The molecule has 15 atom stereocenters. The Morgan fingerprint density at radius 1 is 0.773 bits per heavy atom. The van der Waals surface area contributed by atoms with Crippen LogP contribution in [0, 0.1) is 17.8 Å². The Kier molecular flexibility index (Phi) is 11.9. The smallest absolute Gasteiger partial charge is 0.408 e. The van der Waals surface area contributed by atoms with Crippen molar-refractivity contribution >= 4 is 6.09 Å². The van der Waals surface area contributed by atoms with Gasteiger partial charge in [-0.2, -0.15) is 0 Å². The number of carbonyl (C=O) groups is 1. The number of nitrogens with one attached hydrogen (secondary N) is 2. The highest BCUT2D eigenvalue weighted by atomic mass is 16.7. The van der Waals surface area contributed by atoms with Crippen molar-refractivity contribution in [2.75, 3.05) is 19.7 Å². The summed E-state index contributed by atoms with van der Waals surface area (Å²) in [4.78, 5) is 12.4. The van der Waals surface area contributed by atoms with E-state index in [1.54, 1.807) is 20.8 Å². The van der Waals surface area contributed by atoms with Gasteiger partial charge in [-0.1, -0.05) is 13.8 Å². The van der Waals surface area contributed by atoms with Crippen LogP contribution in [0.4, 0.5) is 4.79 Å². The zero-order chi connectivity index (χ0) is 32.5. The van der Waals surface area contributed by atoms with Crippen molar-refractivity contribution in [3.05, 3.63) is 0 Å². The van der Waals surface area contributed by atoms with Crippen molar-refractivity contribution in [2.45, 2.75) is 139 Å². The number of hydrogen-bond acceptors (Lipinski definition) is 14. The molecule has 4 fully saturated rings. The lowest BCUT2D eigenvalue weighted by molar-refractivity contribution is -0.339. The van der Waals surface area contributed by atoms with Crippen LogP contribution in [0.1, 0.15) is 53.9 Å². The predicted octanol–water partition coefficient (Wildman–Crippen LogP) is -2.07. The van der Waals surface area contributed by atoms with Gasteiger partial charge in [0.05, 0.1) is 24.9 Å². The van der Waals surface area contributed by atoms with Gasteiger partial charge in [-0.05, 0) is 64.3 Å². The molecule has 9 N–H and O–H groups in total. The number of amides is 1. The molecule has 0 bridgehead atoms. The van der Waals surface area contributed by atoms with E-state index in [9.17, 15) is 40.5 Å². The standard InChI is InChI=1S/C29H52N2O13/c1-12-8-13(2)25(43-27-22(37)21(36)19(34)15(40-27)10-30-9-14-6-7-14)23(38)24(12)42-26-20(35)17(18(33)16(11-32)41-26)31-28(39)44-29(3,4)5/h12-27,30,32-38H,6-11H2,1-5H3,(H,31,39). The fourth-order valence-electron chi connectivity index (χ4n) is 6.22. The Bertz CT molecular complexity index is 935. The minimum Gasteiger partial charge on any atom is -0.444 e. The molecule has 4 rings (SSSR count). The molecule has 2 saturated carbocycles. The van der Waals surface area contributed by atoms with Gasteiger partial charge in [0.25, 0.3) is 0 Å². The van der Waals surface area contributed by atoms with E-state index in [0.717, 1.165) is 19.4 Å². The number of ether oxygens (including phenoxy) is 5. The molecule has 15 nitrogen and oxygen atoms in total. The van der Waals surface area contributed by atoms with E-state index in [1.165, 1.54) is 0 Å². The second kappa shape index (κ2) is 14.7. The summed E-state index contributed by atoms with van der Waals surface area (Å²) < 4.78 is 28.9. The maximum Gasteiger partial charge on any atom is 0.408 e. The summed E-state index contributed by atoms with van der Waals surface area (Å²) in [7, 11) is 0. The molecule has 2 aliphatic heterocycles. The average Bonchev–Trinajstić information content (AvgIpc) is 3.76. The first-order valence-corrected chi connectivity index (χ1v) is 15.6. The third-order valence-electron chi connectivity index (χ3n) is 8.83. The Morgan fingerprint density at radius 3 is 1.89 bits per heavy atom. The number of alkyl carbamates (subject to hydrolysis) is 1. The molecule has 4 aliphatic rings. The van der Waals surface area contributed by atoms with Crippen molar-refractivity contribution in [1.29, 1.82) is 0 Å². The fraction of sp³-hybridized carbons (Fsp3) is 0.966. The van der Waals surface area contributed by atoms with Crippen molar-refractivity contribution in [3.8, 4) is 0 Å². The van der Waals surface area contributed by atoms with Crippen LogP contribution in [0.25, 0.3) is 0 Å². The third-order valence-corrected chi connectivity index (χ3v) is 8.83. The maximum atomic E-state index is 12.4. The number of hydrogen-bond donors (Lipinski definition) is 9. The van der Waals surface area contributed by atoms with E-state index in [0.29, 0.717) is 12.3 Å². The van der Waals surface area contributed by atoms with E-state index in [1.807, 2.05) is 13.8 Å². The summed E-state index contributed by atoms with van der Waals surface area (Å²) in [5.74, 6) is 0.0506. The highest BCUT2D eigenvalue weighted by Gasteiger charge is 2.52. The molecule has 15 unspecified atom stereocenters. The van der Waals surface area contributed by atoms with Crippen molar-refractivity contribution in [2.24, 2.45) is 17.8 Å². The molecule has 15 heteroatoms. The second-order valence-electron chi connectivity index (χ2n) is 13.9. The third kappa shape index (κ3) is 8.57. The summed E-state index contributed by atoms with van der Waals surface area (Å²) in [5, 5.41) is 80.4. The van der Waals surface area contributed by atoms with Crippen LogP contribution < -0.4 is 10.6 Å². The lowest BCUT2D eigenvalue weighted by Gasteiger charge is -2.48. The molecule has 44 heavy (non-hydrogen) atoms. The van der Waals surface area contributed by atoms with Gasteiger partial charge in [-0.3, -0.25) is 0 Å². The van der Waals surface area contributed by atoms with Crippen LogP contribution in [0.5, 0.6) is 0 Å². The second-order valence-corrected chi connectivity index (χ2v) is 13.9. The SMILES string of the molecule is CC1CC(C)C(OC2OC(CO)C(O)C(NC(=O)OC(C)(C)C)C2O)C(O)C1OC1OC(CNCC2CC2)C(O)C(O)C1O. The van der Waals surface area contributed by atoms with Crippen LogP contribution in [0.2, 0.25) is 0 Å². The predicted molar refractivity (Wildman–Crippen MR) is 152 cm³/mol. The zero-order valence-corrected chi connectivity index (χ0v) is 26.1. The molecular formula is C29H52N2O13. The Morgan fingerprint density at radius 2 is 1.34 bits per heavy atom. The van der Waals surface area contributed by atoms with Gasteiger partial charge in [-0.25, -0.2) is 4.79 Å². The van der Waals surface area contributed by atoms with E-state index in [-0.39, 0.29) is 18.4 Å². The molecule has 0 spiro atoms. The van der Waals surface area contributed by atoms with Crippen LogP contribution in [-0.2, 0) is 23.7 Å². The Hall–Kier alpha value is -1.21. The average molecular weight is 637 g/mol. The van der Waals surface area contributed by atoms with Crippen molar-refractivity contribution < 1.29 is 64.2 Å². The van der Waals surface area contributed by atoms with Gasteiger partial charge in [0.15, 0.2) is 12.6 Å². The van der Waals surface area contributed by atoms with Gasteiger partial charge >= 0.3 is 6.09 Å². The molecule has 2 saturated heterocycles. The fourth-order valence-corrected chi connectivity index (χ4v) is 6.22. The summed E-state index contributed by atoms with van der Waals surface area (Å²) in [6, 6.07) is -1.33. The van der Waals surface area contributed by atoms with Gasteiger partial charge < -0.3 is 70.1 Å². The molecule has 0 radical (unpaired) electrons. The summed E-state index contributed by atoms with van der Waals surface area (Å²) in [6.07, 6.45) is -13.9. The Balaban J connectivity index is 1.43. The van der Waals surface area contributed by atoms with Crippen LogP contribution in [-0.4, -0.2) is 147 Å². The summed E-state index contributed by atoms with van der Waals surface area (Å²) in [5.41, 5.74) is -0.846. The van der Waals surface area contributed by atoms with Gasteiger partial charge in [0, 0.05) is 6.54 Å². The van der Waals surface area contributed by atoms with E-state index in [2.05, 4.69) is 10.6 Å². The molecule has 2 heterocycles. The minimum atomic E-state index is -1.61. The van der Waals surface area contributed by atoms with Gasteiger partial charge in [-0.15, -0.1) is 0 Å². The highest BCUT2D eigenvalue weighted by Crippen LogP contribution is 2.37. The molecular weight excluding hydrogens is 584 g/mol. The quantitative estimate of drug-likeness (QED) is 0.126. The van der Waals surface area contributed by atoms with Crippen LogP contribution >= 0.6 is 0 Å². The van der Waals surface area contributed by atoms with E-state index >= 15 is 0 Å². The maximum absolute atomic E-state index is 12.4. The van der Waals surface area contributed by atoms with Crippen molar-refractivity contribution in [1.82, 2.24) is 10.6 Å². The number of rotatable bonds is 10. The lowest BCUT2D eigenvalue weighted by atomic mass is 9.77. The lowest BCUT2D eigenvalue weighted by Crippen LogP contribution is -2.67. The molecule has 1 amide bonds. The highest BCUT2D eigenvalue weighted by molar-refractivity contribution is 5.68. The Labute approximate surface area is 257 Å². The monoisotopic (exact) mass is 636 g/mol. The first-order chi connectivity index (χ1) is 20.6. The van der Waals surface area contributed by atoms with Crippen LogP contribution in [0.15, 0.2) is 0 Å². The van der Waals surface area contributed by atoms with Crippen molar-refractivity contribution in [3.63, 3.8) is 0 Å². The number of aliphatic hydroxyl groups excluding tert-OH is 7.